The number of aryl methyl sites for hydroxylation is 1. The van der Waals surface area contributed by atoms with E-state index in [0.717, 1.165) is 55.2 Å². The molecule has 0 bridgehead atoms. The van der Waals surface area contributed by atoms with E-state index in [-0.39, 0.29) is 5.78 Å². The van der Waals surface area contributed by atoms with Crippen LogP contribution in [0, 0.1) is 0 Å². The summed E-state index contributed by atoms with van der Waals surface area (Å²) in [5, 5.41) is 0. The lowest BCUT2D eigenvalue weighted by Crippen LogP contribution is -2.31. The molecule has 242 valence electrons. The van der Waals surface area contributed by atoms with Gasteiger partial charge in [0.15, 0.2) is 5.78 Å². The maximum Gasteiger partial charge on any atom is 0.193 e. The van der Waals surface area contributed by atoms with Crippen LogP contribution < -0.4 is 0 Å². The molecule has 0 saturated carbocycles. The Kier molecular flexibility index (Phi) is 14.1. The van der Waals surface area contributed by atoms with E-state index in [1.165, 1.54) is 25.7 Å². The number of carbonyl (C=O) groups is 1. The molecule has 5 heteroatoms. The number of hydrogen-bond acceptors (Lipinski definition) is 5. The van der Waals surface area contributed by atoms with Crippen LogP contribution in [0.2, 0.25) is 0 Å². The molecule has 0 aromatic heterocycles. The van der Waals surface area contributed by atoms with Gasteiger partial charge in [0.05, 0.1) is 11.2 Å². The van der Waals surface area contributed by atoms with Crippen LogP contribution in [0.3, 0.4) is 0 Å². The smallest absolute Gasteiger partial charge is 0.193 e. The van der Waals surface area contributed by atoms with Crippen molar-refractivity contribution >= 4 is 5.78 Å². The maximum atomic E-state index is 14.1. The quantitative estimate of drug-likeness (QED) is 0.0658. The van der Waals surface area contributed by atoms with Gasteiger partial charge in [-0.3, -0.25) is 4.79 Å². The first-order valence-electron chi connectivity index (χ1n) is 16.6. The van der Waals surface area contributed by atoms with Crippen LogP contribution in [0.5, 0.6) is 0 Å². The maximum absolute atomic E-state index is 14.1. The van der Waals surface area contributed by atoms with Crippen LogP contribution >= 0.6 is 0 Å². The highest BCUT2D eigenvalue weighted by atomic mass is 17.2. The summed E-state index contributed by atoms with van der Waals surface area (Å²) in [5.74, 6) is -0.0135. The van der Waals surface area contributed by atoms with E-state index >= 15 is 0 Å². The molecule has 2 rings (SSSR count). The largest absolute Gasteiger partial charge is 0.289 e. The molecule has 0 aliphatic carbocycles. The Morgan fingerprint density at radius 2 is 1.12 bits per heavy atom. The summed E-state index contributed by atoms with van der Waals surface area (Å²) in [6, 6.07) is 13.8. The van der Waals surface area contributed by atoms with Gasteiger partial charge in [0.1, 0.15) is 11.2 Å². The van der Waals surface area contributed by atoms with Gasteiger partial charge in [0, 0.05) is 11.1 Å². The third-order valence-electron chi connectivity index (χ3n) is 8.10. The van der Waals surface area contributed by atoms with Crippen LogP contribution in [0.25, 0.3) is 0 Å². The molecule has 43 heavy (non-hydrogen) atoms. The van der Waals surface area contributed by atoms with Crippen LogP contribution in [0.1, 0.15) is 167 Å². The molecule has 0 amide bonds. The fourth-order valence-corrected chi connectivity index (χ4v) is 5.06. The molecule has 2 aromatic rings. The van der Waals surface area contributed by atoms with Crippen LogP contribution in [-0.2, 0) is 37.2 Å². The average molecular weight is 597 g/mol. The van der Waals surface area contributed by atoms with Gasteiger partial charge in [0.2, 0.25) is 0 Å². The highest BCUT2D eigenvalue weighted by molar-refractivity contribution is 6.10. The molecule has 0 aliphatic rings. The summed E-state index contributed by atoms with van der Waals surface area (Å²) in [6.45, 7) is 22.7. The second-order valence-corrected chi connectivity index (χ2v) is 14.3. The molecular weight excluding hydrogens is 536 g/mol. The molecule has 0 fully saturated rings. The Bertz CT molecular complexity index is 1140. The molecule has 0 aliphatic heterocycles. The van der Waals surface area contributed by atoms with Crippen molar-refractivity contribution in [1.29, 1.82) is 0 Å². The Hall–Kier alpha value is -2.05. The first kappa shape index (κ1) is 37.1. The minimum Gasteiger partial charge on any atom is -0.289 e. The minimum atomic E-state index is -0.735. The lowest BCUT2D eigenvalue weighted by Gasteiger charge is -2.31. The van der Waals surface area contributed by atoms with Crippen LogP contribution in [0.15, 0.2) is 42.5 Å². The van der Waals surface area contributed by atoms with Crippen molar-refractivity contribution in [2.45, 2.75) is 163 Å². The second-order valence-electron chi connectivity index (χ2n) is 14.3. The molecule has 5 nitrogen and oxygen atoms in total. The third kappa shape index (κ3) is 11.8. The zero-order chi connectivity index (χ0) is 32.3. The van der Waals surface area contributed by atoms with Crippen LogP contribution in [-0.4, -0.2) is 17.0 Å². The lowest BCUT2D eigenvalue weighted by atomic mass is 9.88. The monoisotopic (exact) mass is 596 g/mol. The van der Waals surface area contributed by atoms with Gasteiger partial charge >= 0.3 is 0 Å². The molecule has 0 unspecified atom stereocenters. The van der Waals surface area contributed by atoms with E-state index in [1.807, 2.05) is 58.0 Å². The topological polar surface area (TPSA) is 54.0 Å². The number of hydrogen-bond donors (Lipinski definition) is 0. The van der Waals surface area contributed by atoms with Crippen molar-refractivity contribution in [2.75, 3.05) is 0 Å². The number of carbonyl (C=O) groups excluding carboxylic acids is 1. The van der Waals surface area contributed by atoms with Gasteiger partial charge in [-0.05, 0) is 103 Å². The lowest BCUT2D eigenvalue weighted by molar-refractivity contribution is -0.406. The van der Waals surface area contributed by atoms with E-state index in [4.69, 9.17) is 19.6 Å². The normalized spacial score (nSPS) is 13.0. The fourth-order valence-electron chi connectivity index (χ4n) is 5.06. The number of unbranched alkanes of at least 4 members (excludes halogenated alkanes) is 4. The second kappa shape index (κ2) is 16.3. The van der Waals surface area contributed by atoms with E-state index in [9.17, 15) is 4.79 Å². The van der Waals surface area contributed by atoms with E-state index in [2.05, 4.69) is 60.6 Å². The SMILES string of the molecule is CCCCCC(C)(C)OOC(C)(C)c1cccc(C(=O)c2cc(C(C)(C)OOC(C)(C)CCCCC)ccc2CCC)c1. The van der Waals surface area contributed by atoms with Crippen molar-refractivity contribution in [1.82, 2.24) is 0 Å². The molecule has 0 heterocycles. The molecule has 0 atom stereocenters. The highest BCUT2D eigenvalue weighted by Crippen LogP contribution is 2.33. The Morgan fingerprint density at radius 3 is 1.60 bits per heavy atom. The number of rotatable bonds is 20. The van der Waals surface area contributed by atoms with Gasteiger partial charge in [0.25, 0.3) is 0 Å². The number of ketones is 1. The summed E-state index contributed by atoms with van der Waals surface area (Å²) < 4.78 is 0. The summed E-state index contributed by atoms with van der Waals surface area (Å²) in [7, 11) is 0. The predicted octanol–water partition coefficient (Wildman–Crippen LogP) is 11.0. The molecule has 0 N–H and O–H groups in total. The minimum absolute atomic E-state index is 0.0135. The molecule has 0 saturated heterocycles. The van der Waals surface area contributed by atoms with Crippen molar-refractivity contribution in [3.05, 3.63) is 70.3 Å². The van der Waals surface area contributed by atoms with E-state index in [0.29, 0.717) is 11.1 Å². The van der Waals surface area contributed by atoms with E-state index < -0.39 is 22.4 Å². The zero-order valence-corrected chi connectivity index (χ0v) is 29.2. The van der Waals surface area contributed by atoms with E-state index in [1.54, 1.807) is 0 Å². The number of benzene rings is 2. The van der Waals surface area contributed by atoms with Crippen molar-refractivity contribution in [3.8, 4) is 0 Å². The highest BCUT2D eigenvalue weighted by Gasteiger charge is 2.31. The summed E-state index contributed by atoms with van der Waals surface area (Å²) >= 11 is 0. The Morgan fingerprint density at radius 1 is 0.605 bits per heavy atom. The van der Waals surface area contributed by atoms with Gasteiger partial charge in [-0.1, -0.05) is 96.0 Å². The molecule has 2 aromatic carbocycles. The first-order valence-corrected chi connectivity index (χ1v) is 16.6. The summed E-state index contributed by atoms with van der Waals surface area (Å²) in [5.41, 5.74) is 1.89. The van der Waals surface area contributed by atoms with Gasteiger partial charge < -0.3 is 0 Å². The molecular formula is C38H60O5. The Labute approximate surface area is 262 Å². The molecule has 0 spiro atoms. The molecule has 0 radical (unpaired) electrons. The Balaban J connectivity index is 2.29. The van der Waals surface area contributed by atoms with Crippen molar-refractivity contribution in [2.24, 2.45) is 0 Å². The van der Waals surface area contributed by atoms with Gasteiger partial charge in [-0.25, -0.2) is 19.6 Å². The average Bonchev–Trinajstić information content (AvgIpc) is 2.95. The summed E-state index contributed by atoms with van der Waals surface area (Å²) in [6.07, 6.45) is 10.5. The third-order valence-corrected chi connectivity index (χ3v) is 8.10. The first-order chi connectivity index (χ1) is 20.1. The fraction of sp³-hybridized carbons (Fsp3) is 0.658. The summed E-state index contributed by atoms with van der Waals surface area (Å²) in [4.78, 5) is 38.1. The van der Waals surface area contributed by atoms with Gasteiger partial charge in [-0.2, -0.15) is 0 Å². The van der Waals surface area contributed by atoms with Gasteiger partial charge in [-0.15, -0.1) is 0 Å². The van der Waals surface area contributed by atoms with Crippen molar-refractivity contribution < 1.29 is 24.3 Å². The zero-order valence-electron chi connectivity index (χ0n) is 29.2. The van der Waals surface area contributed by atoms with Crippen molar-refractivity contribution in [3.63, 3.8) is 0 Å². The predicted molar refractivity (Wildman–Crippen MR) is 177 cm³/mol. The standard InChI is InChI=1S/C38H60O5/c1-12-15-17-25-35(4,5)40-42-37(8,9)31-22-19-21-30(27-31)34(39)33-28-32(24-23-29(33)20-14-3)38(10,11)43-41-36(6,7)26-18-16-13-2/h19,21-24,27-28H,12-18,20,25-26H2,1-11H3. The van der Waals surface area contributed by atoms with Crippen LogP contribution in [0.4, 0.5) is 0 Å².